The molecule has 0 saturated heterocycles. The molecular weight excluding hydrogens is 322 g/mol. The average Bonchev–Trinajstić information content (AvgIpc) is 2.62. The van der Waals surface area contributed by atoms with E-state index in [4.69, 9.17) is 16.3 Å². The van der Waals surface area contributed by atoms with E-state index in [1.54, 1.807) is 18.2 Å². The summed E-state index contributed by atoms with van der Waals surface area (Å²) >= 11 is 5.97. The molecule has 0 spiro atoms. The lowest BCUT2D eigenvalue weighted by Gasteiger charge is -2.17. The van der Waals surface area contributed by atoms with Gasteiger partial charge in [0.15, 0.2) is 0 Å². The van der Waals surface area contributed by atoms with Gasteiger partial charge >= 0.3 is 0 Å². The van der Waals surface area contributed by atoms with Gasteiger partial charge in [-0.3, -0.25) is 0 Å². The van der Waals surface area contributed by atoms with Crippen molar-refractivity contribution in [2.24, 2.45) is 4.99 Å². The highest BCUT2D eigenvalue weighted by molar-refractivity contribution is 6.30. The van der Waals surface area contributed by atoms with Gasteiger partial charge in [0.1, 0.15) is 23.8 Å². The Morgan fingerprint density at radius 3 is 2.46 bits per heavy atom. The maximum absolute atomic E-state index is 9.96. The highest BCUT2D eigenvalue weighted by Gasteiger charge is 2.15. The molecule has 0 aliphatic carbocycles. The summed E-state index contributed by atoms with van der Waals surface area (Å²) in [5.74, 6) is 0.978. The number of hydrogen-bond donors (Lipinski definition) is 1. The van der Waals surface area contributed by atoms with Crippen molar-refractivity contribution in [2.45, 2.75) is 0 Å². The van der Waals surface area contributed by atoms with Crippen LogP contribution >= 0.6 is 11.6 Å². The van der Waals surface area contributed by atoms with Crippen molar-refractivity contribution in [3.8, 4) is 22.6 Å². The molecule has 0 radical (unpaired) electrons. The minimum atomic E-state index is 0.273. The minimum Gasteiger partial charge on any atom is -0.507 e. The summed E-state index contributed by atoms with van der Waals surface area (Å²) in [5.41, 5.74) is 4.42. The summed E-state index contributed by atoms with van der Waals surface area (Å²) < 4.78 is 5.75. The lowest BCUT2D eigenvalue weighted by Crippen LogP contribution is -2.16. The Kier molecular flexibility index (Phi) is 3.71. The van der Waals surface area contributed by atoms with Gasteiger partial charge in [0.05, 0.1) is 5.71 Å². The van der Waals surface area contributed by atoms with E-state index in [1.807, 2.05) is 48.5 Å². The van der Waals surface area contributed by atoms with Crippen LogP contribution in [-0.2, 0) is 0 Å². The summed E-state index contributed by atoms with van der Waals surface area (Å²) in [4.78, 5) is 4.66. The fourth-order valence-corrected chi connectivity index (χ4v) is 2.89. The van der Waals surface area contributed by atoms with Gasteiger partial charge in [0.2, 0.25) is 0 Å². The Balaban J connectivity index is 1.66. The van der Waals surface area contributed by atoms with Crippen LogP contribution in [0.25, 0.3) is 11.1 Å². The first-order chi connectivity index (χ1) is 11.7. The molecule has 1 aliphatic rings. The van der Waals surface area contributed by atoms with E-state index in [0.717, 1.165) is 28.1 Å². The van der Waals surface area contributed by atoms with Crippen molar-refractivity contribution >= 4 is 23.0 Å². The van der Waals surface area contributed by atoms with Gasteiger partial charge in [-0.25, -0.2) is 4.99 Å². The third kappa shape index (κ3) is 2.74. The molecule has 1 aliphatic heterocycles. The van der Waals surface area contributed by atoms with Crippen molar-refractivity contribution in [1.29, 1.82) is 0 Å². The largest absolute Gasteiger partial charge is 0.507 e. The molecule has 3 aromatic rings. The molecule has 4 heteroatoms. The van der Waals surface area contributed by atoms with Crippen LogP contribution in [0.4, 0.5) is 5.69 Å². The summed E-state index contributed by atoms with van der Waals surface area (Å²) in [7, 11) is 0. The number of benzene rings is 3. The molecule has 0 atom stereocenters. The number of rotatable bonds is 2. The molecule has 1 heterocycles. The molecule has 0 amide bonds. The SMILES string of the molecule is Oc1ccccc1-c1ccc(C2=Nc3ccc(Cl)cc3OC2)cc1. The van der Waals surface area contributed by atoms with E-state index in [2.05, 4.69) is 4.99 Å². The van der Waals surface area contributed by atoms with Gasteiger partial charge in [0.25, 0.3) is 0 Å². The molecule has 118 valence electrons. The van der Waals surface area contributed by atoms with Crippen LogP contribution in [0.3, 0.4) is 0 Å². The fraction of sp³-hybridized carbons (Fsp3) is 0.0500. The second-order valence-electron chi connectivity index (χ2n) is 5.55. The lowest BCUT2D eigenvalue weighted by atomic mass is 10.0. The number of nitrogens with zero attached hydrogens (tertiary/aromatic N) is 1. The highest BCUT2D eigenvalue weighted by Crippen LogP contribution is 2.34. The molecule has 0 saturated carbocycles. The predicted octanol–water partition coefficient (Wildman–Crippen LogP) is 5.23. The van der Waals surface area contributed by atoms with Crippen molar-refractivity contribution < 1.29 is 9.84 Å². The lowest BCUT2D eigenvalue weighted by molar-refractivity contribution is 0.373. The van der Waals surface area contributed by atoms with E-state index < -0.39 is 0 Å². The smallest absolute Gasteiger partial charge is 0.146 e. The van der Waals surface area contributed by atoms with Crippen LogP contribution in [-0.4, -0.2) is 17.4 Å². The number of fused-ring (bicyclic) bond motifs is 1. The maximum atomic E-state index is 9.96. The molecule has 1 N–H and O–H groups in total. The van der Waals surface area contributed by atoms with Crippen molar-refractivity contribution in [3.05, 3.63) is 77.3 Å². The Labute approximate surface area is 144 Å². The Bertz CT molecular complexity index is 933. The zero-order valence-corrected chi connectivity index (χ0v) is 13.5. The molecule has 0 bridgehead atoms. The van der Waals surface area contributed by atoms with E-state index in [1.165, 1.54) is 0 Å². The van der Waals surface area contributed by atoms with Crippen molar-refractivity contribution in [3.63, 3.8) is 0 Å². The first-order valence-corrected chi connectivity index (χ1v) is 7.97. The van der Waals surface area contributed by atoms with Crippen LogP contribution in [0, 0.1) is 0 Å². The first-order valence-electron chi connectivity index (χ1n) is 7.59. The zero-order valence-electron chi connectivity index (χ0n) is 12.7. The van der Waals surface area contributed by atoms with E-state index >= 15 is 0 Å². The minimum absolute atomic E-state index is 0.273. The summed E-state index contributed by atoms with van der Waals surface area (Å²) in [6, 6.07) is 20.7. The number of hydrogen-bond acceptors (Lipinski definition) is 3. The van der Waals surface area contributed by atoms with E-state index in [9.17, 15) is 5.11 Å². The van der Waals surface area contributed by atoms with E-state index in [0.29, 0.717) is 17.4 Å². The Morgan fingerprint density at radius 2 is 1.67 bits per heavy atom. The van der Waals surface area contributed by atoms with Crippen LogP contribution in [0.1, 0.15) is 5.56 Å². The summed E-state index contributed by atoms with van der Waals surface area (Å²) in [6.07, 6.45) is 0. The number of aliphatic imine (C=N–C) groups is 1. The molecule has 4 rings (SSSR count). The maximum Gasteiger partial charge on any atom is 0.146 e. The van der Waals surface area contributed by atoms with Gasteiger partial charge in [-0.2, -0.15) is 0 Å². The van der Waals surface area contributed by atoms with Crippen molar-refractivity contribution in [1.82, 2.24) is 0 Å². The molecule has 3 nitrogen and oxygen atoms in total. The quantitative estimate of drug-likeness (QED) is 0.697. The standard InChI is InChI=1S/C20H14ClNO2/c21-15-9-10-17-20(11-15)24-12-18(22-17)14-7-5-13(6-8-14)16-3-1-2-4-19(16)23/h1-11,23H,12H2. The van der Waals surface area contributed by atoms with Crippen LogP contribution in [0.15, 0.2) is 71.7 Å². The summed E-state index contributed by atoms with van der Waals surface area (Å²) in [5, 5.41) is 10.6. The third-order valence-corrected chi connectivity index (χ3v) is 4.21. The normalized spacial score (nSPS) is 13.0. The molecule has 0 fully saturated rings. The third-order valence-electron chi connectivity index (χ3n) is 3.97. The fourth-order valence-electron chi connectivity index (χ4n) is 2.73. The zero-order chi connectivity index (χ0) is 16.5. The van der Waals surface area contributed by atoms with Gasteiger partial charge < -0.3 is 9.84 Å². The highest BCUT2D eigenvalue weighted by atomic mass is 35.5. The summed E-state index contributed by atoms with van der Waals surface area (Å²) in [6.45, 7) is 0.406. The Hall–Kier alpha value is -2.78. The van der Waals surface area contributed by atoms with Gasteiger partial charge in [-0.05, 0) is 29.3 Å². The van der Waals surface area contributed by atoms with Gasteiger partial charge in [-0.1, -0.05) is 54.1 Å². The monoisotopic (exact) mass is 335 g/mol. The van der Waals surface area contributed by atoms with E-state index in [-0.39, 0.29) is 5.75 Å². The molecular formula is C20H14ClNO2. The first kappa shape index (κ1) is 14.8. The number of ether oxygens (including phenoxy) is 1. The molecule has 3 aromatic carbocycles. The second-order valence-corrected chi connectivity index (χ2v) is 5.99. The molecule has 0 aromatic heterocycles. The molecule has 0 unspecified atom stereocenters. The van der Waals surface area contributed by atoms with Crippen molar-refractivity contribution in [2.75, 3.05) is 6.61 Å². The topological polar surface area (TPSA) is 41.8 Å². The average molecular weight is 336 g/mol. The van der Waals surface area contributed by atoms with Gasteiger partial charge in [0, 0.05) is 16.7 Å². The Morgan fingerprint density at radius 1 is 0.917 bits per heavy atom. The number of aromatic hydroxyl groups is 1. The predicted molar refractivity (Wildman–Crippen MR) is 96.7 cm³/mol. The number of halogens is 1. The molecule has 24 heavy (non-hydrogen) atoms. The van der Waals surface area contributed by atoms with Gasteiger partial charge in [-0.15, -0.1) is 0 Å². The number of phenols is 1. The van der Waals surface area contributed by atoms with Crippen LogP contribution in [0.5, 0.6) is 11.5 Å². The van der Waals surface area contributed by atoms with Crippen LogP contribution < -0.4 is 4.74 Å². The number of para-hydroxylation sites is 1. The number of phenolic OH excluding ortho intramolecular Hbond substituents is 1. The van der Waals surface area contributed by atoms with Crippen LogP contribution in [0.2, 0.25) is 5.02 Å². The second kappa shape index (κ2) is 6.02.